The van der Waals surface area contributed by atoms with E-state index >= 15 is 0 Å². The predicted octanol–water partition coefficient (Wildman–Crippen LogP) is 10.1. The molecule has 0 saturated carbocycles. The lowest BCUT2D eigenvalue weighted by Gasteiger charge is -2.26. The van der Waals surface area contributed by atoms with E-state index < -0.39 is 44.1 Å². The van der Waals surface area contributed by atoms with Gasteiger partial charge in [-0.15, -0.1) is 0 Å². The van der Waals surface area contributed by atoms with Crippen molar-refractivity contribution in [2.45, 2.75) is 69.3 Å². The molecule has 2 atom stereocenters. The molecular weight excluding hydrogens is 991 g/mol. The van der Waals surface area contributed by atoms with Crippen LogP contribution in [0.15, 0.2) is 186 Å². The van der Waals surface area contributed by atoms with E-state index in [-0.39, 0.29) is 21.6 Å². The molecule has 8 rings (SSSR count). The Balaban J connectivity index is 0.000000219. The van der Waals surface area contributed by atoms with E-state index in [2.05, 4.69) is 38.6 Å². The minimum absolute atomic E-state index is 0.0199. The van der Waals surface area contributed by atoms with E-state index in [1.807, 2.05) is 103 Å². The summed E-state index contributed by atoms with van der Waals surface area (Å²) in [5.74, 6) is -1.58. The summed E-state index contributed by atoms with van der Waals surface area (Å²) in [5, 5.41) is 18.6. The zero-order valence-corrected chi connectivity index (χ0v) is 44.0. The number of carbonyl (C=O) groups is 2. The standard InChI is InChI=1S/C30H29NO5S.C29H34N2O6S/c1-21(2)29(30(32)33)31-37(34,35)28-18-14-26(15-19-28)24-10-8-22(9-11-24)20-36-27-16-12-25(13-17-27)23-6-4-3-5-7-23;1-21(2)28(29(32)33)30-38(34,35)27-13-9-25(10-14-27)24-7-3-23(4-8-24)20-37-26-11-5-22(6-12-26)19-31-15-17-36-18-16-31/h3-19,21,29,31H,20H2,1-2H3,(H,32,33);3-14,21,28,30H,15-20H2,1-2H3,(H,32,33)/t29-;28-/m11/s1. The Morgan fingerprint density at radius 3 is 1.16 bits per heavy atom. The van der Waals surface area contributed by atoms with Crippen molar-refractivity contribution < 1.29 is 50.8 Å². The van der Waals surface area contributed by atoms with Crippen LogP contribution in [0, 0.1) is 11.8 Å². The number of nitrogens with zero attached hydrogens (tertiary/aromatic N) is 1. The first-order valence-corrected chi connectivity index (χ1v) is 27.6. The van der Waals surface area contributed by atoms with Gasteiger partial charge in [0.25, 0.3) is 0 Å². The monoisotopic (exact) mass is 1050 g/mol. The number of rotatable bonds is 21. The molecule has 1 fully saturated rings. The van der Waals surface area contributed by atoms with Crippen LogP contribution in [0.5, 0.6) is 11.5 Å². The van der Waals surface area contributed by atoms with Crippen LogP contribution in [0.2, 0.25) is 0 Å². The van der Waals surface area contributed by atoms with E-state index in [0.717, 1.165) is 88.9 Å². The number of aliphatic carboxylic acids is 2. The van der Waals surface area contributed by atoms with Gasteiger partial charge in [0.15, 0.2) is 0 Å². The first-order valence-electron chi connectivity index (χ1n) is 24.6. The average molecular weight is 1050 g/mol. The molecule has 7 aromatic rings. The summed E-state index contributed by atoms with van der Waals surface area (Å²) in [4.78, 5) is 25.2. The van der Waals surface area contributed by atoms with Crippen molar-refractivity contribution in [1.29, 1.82) is 0 Å². The maximum atomic E-state index is 12.6. The summed E-state index contributed by atoms with van der Waals surface area (Å²) in [6.45, 7) is 11.9. The lowest BCUT2D eigenvalue weighted by Crippen LogP contribution is -2.44. The van der Waals surface area contributed by atoms with Gasteiger partial charge in [0.1, 0.15) is 36.8 Å². The number of nitrogens with one attached hydrogen (secondary N) is 2. The highest BCUT2D eigenvalue weighted by Gasteiger charge is 2.29. The number of hydrogen-bond acceptors (Lipinski definition) is 10. The predicted molar refractivity (Wildman–Crippen MR) is 290 cm³/mol. The molecule has 0 unspecified atom stereocenters. The first-order chi connectivity index (χ1) is 35.9. The molecule has 7 aromatic carbocycles. The van der Waals surface area contributed by atoms with Crippen LogP contribution in [-0.4, -0.2) is 82.3 Å². The molecule has 1 aliphatic rings. The fourth-order valence-electron chi connectivity index (χ4n) is 8.07. The minimum atomic E-state index is -3.95. The molecule has 14 nitrogen and oxygen atoms in total. The maximum Gasteiger partial charge on any atom is 0.322 e. The van der Waals surface area contributed by atoms with Crippen LogP contribution in [0.4, 0.5) is 0 Å². The number of ether oxygens (including phenoxy) is 3. The molecule has 4 N–H and O–H groups in total. The zero-order chi connectivity index (χ0) is 53.5. The van der Waals surface area contributed by atoms with Crippen molar-refractivity contribution in [3.8, 4) is 44.9 Å². The Hall–Kier alpha value is -7.18. The molecule has 1 heterocycles. The number of hydrogen-bond donors (Lipinski definition) is 4. The van der Waals surface area contributed by atoms with Crippen molar-refractivity contribution in [2.75, 3.05) is 26.3 Å². The van der Waals surface area contributed by atoms with Gasteiger partial charge in [0, 0.05) is 19.6 Å². The SMILES string of the molecule is CC(C)[C@@H](NS(=O)(=O)c1ccc(-c2ccc(COc3ccc(-c4ccccc4)cc3)cc2)cc1)C(=O)O.CC(C)[C@@H](NS(=O)(=O)c1ccc(-c2ccc(COc3ccc(CN4CCOCC4)cc3)cc2)cc1)C(=O)O. The Morgan fingerprint density at radius 2 is 0.800 bits per heavy atom. The van der Waals surface area contributed by atoms with Crippen LogP contribution in [-0.2, 0) is 54.1 Å². The lowest BCUT2D eigenvalue weighted by molar-refractivity contribution is -0.141. The summed E-state index contributed by atoms with van der Waals surface area (Å²) in [5.41, 5.74) is 9.13. The molecule has 0 aliphatic carbocycles. The highest BCUT2D eigenvalue weighted by atomic mass is 32.2. The summed E-state index contributed by atoms with van der Waals surface area (Å²) in [7, 11) is -7.91. The highest BCUT2D eigenvalue weighted by molar-refractivity contribution is 7.89. The minimum Gasteiger partial charge on any atom is -0.489 e. The van der Waals surface area contributed by atoms with E-state index in [1.54, 1.807) is 52.0 Å². The van der Waals surface area contributed by atoms with Crippen LogP contribution in [0.25, 0.3) is 33.4 Å². The number of carboxylic acid groups (broad SMARTS) is 2. The van der Waals surface area contributed by atoms with Gasteiger partial charge in [-0.05, 0) is 110 Å². The molecular formula is C59H63N3O11S2. The Morgan fingerprint density at radius 1 is 0.480 bits per heavy atom. The molecule has 1 saturated heterocycles. The van der Waals surface area contributed by atoms with Crippen molar-refractivity contribution in [3.63, 3.8) is 0 Å². The van der Waals surface area contributed by atoms with Gasteiger partial charge < -0.3 is 24.4 Å². The number of sulfonamides is 2. The van der Waals surface area contributed by atoms with Gasteiger partial charge in [0.05, 0.1) is 23.0 Å². The van der Waals surface area contributed by atoms with E-state index in [4.69, 9.17) is 14.2 Å². The van der Waals surface area contributed by atoms with Gasteiger partial charge in [-0.3, -0.25) is 14.5 Å². The first kappa shape index (κ1) is 55.6. The molecule has 0 bridgehead atoms. The summed E-state index contributed by atoms with van der Waals surface area (Å²) in [6.07, 6.45) is 0. The molecule has 1 aliphatic heterocycles. The molecule has 0 amide bonds. The normalized spacial score (nSPS) is 13.8. The molecule has 75 heavy (non-hydrogen) atoms. The summed E-state index contributed by atoms with van der Waals surface area (Å²) < 4.78 is 72.4. The Kier molecular flexibility index (Phi) is 19.2. The fourth-order valence-corrected chi connectivity index (χ4v) is 10.7. The highest BCUT2D eigenvalue weighted by Crippen LogP contribution is 2.27. The van der Waals surface area contributed by atoms with Crippen molar-refractivity contribution in [3.05, 3.63) is 193 Å². The quantitative estimate of drug-likeness (QED) is 0.0532. The molecule has 0 aromatic heterocycles. The van der Waals surface area contributed by atoms with Crippen molar-refractivity contribution in [2.24, 2.45) is 11.8 Å². The van der Waals surface area contributed by atoms with Crippen molar-refractivity contribution in [1.82, 2.24) is 14.3 Å². The van der Waals surface area contributed by atoms with Crippen LogP contribution in [0.3, 0.4) is 0 Å². The lowest BCUT2D eigenvalue weighted by atomic mass is 10.0. The van der Waals surface area contributed by atoms with Gasteiger partial charge in [-0.2, -0.15) is 9.44 Å². The number of carboxylic acids is 2. The number of morpholine rings is 1. The van der Waals surface area contributed by atoms with Gasteiger partial charge >= 0.3 is 11.9 Å². The maximum absolute atomic E-state index is 12.6. The fraction of sp³-hybridized carbons (Fsp3) is 0.254. The third kappa shape index (κ3) is 15.9. The van der Waals surface area contributed by atoms with E-state index in [9.17, 15) is 36.6 Å². The largest absolute Gasteiger partial charge is 0.489 e. The van der Waals surface area contributed by atoms with Crippen molar-refractivity contribution >= 4 is 32.0 Å². The smallest absolute Gasteiger partial charge is 0.322 e. The van der Waals surface area contributed by atoms with Crippen LogP contribution >= 0.6 is 0 Å². The summed E-state index contributed by atoms with van der Waals surface area (Å²) in [6, 6.07) is 52.5. The van der Waals surface area contributed by atoms with Gasteiger partial charge in [0.2, 0.25) is 20.0 Å². The Bertz CT molecular complexity index is 3170. The van der Waals surface area contributed by atoms with Crippen LogP contribution < -0.4 is 18.9 Å². The average Bonchev–Trinajstić information content (AvgIpc) is 3.42. The summed E-state index contributed by atoms with van der Waals surface area (Å²) >= 11 is 0. The molecule has 0 spiro atoms. The zero-order valence-electron chi connectivity index (χ0n) is 42.3. The van der Waals surface area contributed by atoms with E-state index in [1.165, 1.54) is 29.8 Å². The second-order valence-corrected chi connectivity index (χ2v) is 22.2. The molecule has 0 radical (unpaired) electrons. The molecule has 392 valence electrons. The second-order valence-electron chi connectivity index (χ2n) is 18.8. The van der Waals surface area contributed by atoms with Gasteiger partial charge in [-0.25, -0.2) is 16.8 Å². The van der Waals surface area contributed by atoms with Crippen LogP contribution in [0.1, 0.15) is 44.4 Å². The Labute approximate surface area is 440 Å². The second kappa shape index (κ2) is 25.9. The van der Waals surface area contributed by atoms with E-state index in [0.29, 0.717) is 13.2 Å². The third-order valence-electron chi connectivity index (χ3n) is 12.5. The topological polar surface area (TPSA) is 198 Å². The molecule has 16 heteroatoms. The van der Waals surface area contributed by atoms with Gasteiger partial charge in [-0.1, -0.05) is 155 Å². The number of benzene rings is 7. The third-order valence-corrected chi connectivity index (χ3v) is 15.5.